The quantitative estimate of drug-likeness (QED) is 0.438. The molecule has 0 unspecified atom stereocenters. The summed E-state index contributed by atoms with van der Waals surface area (Å²) in [5.74, 6) is -0.553. The van der Waals surface area contributed by atoms with E-state index in [-0.39, 0.29) is 41.9 Å². The number of carbonyl (C=O) groups excluding carboxylic acids is 1. The van der Waals surface area contributed by atoms with E-state index in [1.54, 1.807) is 30.3 Å². The number of halogens is 4. The van der Waals surface area contributed by atoms with E-state index in [0.717, 1.165) is 0 Å². The van der Waals surface area contributed by atoms with Crippen LogP contribution in [0, 0.1) is 0 Å². The minimum atomic E-state index is -4.07. The highest BCUT2D eigenvalue weighted by Gasteiger charge is 2.21. The van der Waals surface area contributed by atoms with E-state index in [9.17, 15) is 13.2 Å². The molecule has 0 radical (unpaired) electrons. The number of hydrogen-bond donors (Lipinski definition) is 2. The van der Waals surface area contributed by atoms with E-state index in [0.29, 0.717) is 0 Å². The number of rotatable bonds is 5. The molecule has 2 N–H and O–H groups in total. The molecule has 0 spiro atoms. The van der Waals surface area contributed by atoms with Crippen molar-refractivity contribution in [2.45, 2.75) is 4.90 Å². The fraction of sp³-hybridized carbons (Fsp3) is 0. The number of benzene rings is 3. The average Bonchev–Trinajstić information content (AvgIpc) is 2.67. The van der Waals surface area contributed by atoms with E-state index in [2.05, 4.69) is 10.0 Å². The number of sulfonamides is 1. The Kier molecular flexibility index (Phi) is 6.61. The predicted octanol–water partition coefficient (Wildman–Crippen LogP) is 6.35. The molecular formula is C19H12Cl4N2O3S. The van der Waals surface area contributed by atoms with Gasteiger partial charge in [-0.2, -0.15) is 0 Å². The molecule has 5 nitrogen and oxygen atoms in total. The number of nitrogens with one attached hydrogen (secondary N) is 2. The highest BCUT2D eigenvalue weighted by Crippen LogP contribution is 2.30. The Morgan fingerprint density at radius 1 is 0.793 bits per heavy atom. The third-order valence-electron chi connectivity index (χ3n) is 3.79. The normalized spacial score (nSPS) is 11.2. The number of amides is 1. The van der Waals surface area contributed by atoms with Crippen LogP contribution in [0.15, 0.2) is 65.6 Å². The van der Waals surface area contributed by atoms with Crippen molar-refractivity contribution in [3.05, 3.63) is 86.3 Å². The Morgan fingerprint density at radius 3 is 2.21 bits per heavy atom. The number of carbonyl (C=O) groups is 1. The molecule has 1 amide bonds. The van der Waals surface area contributed by atoms with Gasteiger partial charge < -0.3 is 5.32 Å². The molecule has 3 aromatic carbocycles. The molecule has 3 aromatic rings. The minimum absolute atomic E-state index is 0.0247. The van der Waals surface area contributed by atoms with Crippen LogP contribution < -0.4 is 10.0 Å². The van der Waals surface area contributed by atoms with Crippen LogP contribution in [-0.4, -0.2) is 14.3 Å². The smallest absolute Gasteiger partial charge is 0.263 e. The van der Waals surface area contributed by atoms with Gasteiger partial charge in [0.15, 0.2) is 0 Å². The molecule has 150 valence electrons. The van der Waals surface area contributed by atoms with Crippen LogP contribution in [0.4, 0.5) is 11.4 Å². The van der Waals surface area contributed by atoms with Crippen LogP contribution in [0.1, 0.15) is 10.4 Å². The topological polar surface area (TPSA) is 75.3 Å². The first-order chi connectivity index (χ1) is 13.7. The van der Waals surface area contributed by atoms with Crippen LogP contribution >= 0.6 is 46.4 Å². The Labute approximate surface area is 187 Å². The third kappa shape index (κ3) is 4.97. The van der Waals surface area contributed by atoms with Gasteiger partial charge in [0.25, 0.3) is 15.9 Å². The second kappa shape index (κ2) is 8.81. The first-order valence-corrected chi connectivity index (χ1v) is 11.0. The van der Waals surface area contributed by atoms with Gasteiger partial charge in [0.05, 0.1) is 31.3 Å². The van der Waals surface area contributed by atoms with Gasteiger partial charge in [0.2, 0.25) is 0 Å². The summed E-state index contributed by atoms with van der Waals surface area (Å²) in [6, 6.07) is 15.1. The van der Waals surface area contributed by atoms with Gasteiger partial charge in [-0.3, -0.25) is 9.52 Å². The molecule has 29 heavy (non-hydrogen) atoms. The van der Waals surface area contributed by atoms with Gasteiger partial charge in [-0.1, -0.05) is 64.6 Å². The predicted molar refractivity (Wildman–Crippen MR) is 118 cm³/mol. The van der Waals surface area contributed by atoms with Gasteiger partial charge >= 0.3 is 0 Å². The lowest BCUT2D eigenvalue weighted by molar-refractivity contribution is 0.102. The second-order valence-electron chi connectivity index (χ2n) is 5.79. The molecule has 0 aliphatic rings. The van der Waals surface area contributed by atoms with E-state index in [1.165, 1.54) is 30.3 Å². The van der Waals surface area contributed by atoms with Crippen LogP contribution in [0.5, 0.6) is 0 Å². The summed E-state index contributed by atoms with van der Waals surface area (Å²) in [7, 11) is -4.07. The highest BCUT2D eigenvalue weighted by atomic mass is 35.5. The monoisotopic (exact) mass is 488 g/mol. The van der Waals surface area contributed by atoms with Crippen LogP contribution in [0.25, 0.3) is 0 Å². The summed E-state index contributed by atoms with van der Waals surface area (Å²) in [6.07, 6.45) is 0. The Morgan fingerprint density at radius 2 is 1.48 bits per heavy atom. The fourth-order valence-electron chi connectivity index (χ4n) is 2.41. The summed E-state index contributed by atoms with van der Waals surface area (Å²) < 4.78 is 27.9. The second-order valence-corrected chi connectivity index (χ2v) is 9.04. The lowest BCUT2D eigenvalue weighted by Crippen LogP contribution is -2.16. The largest absolute Gasteiger partial charge is 0.322 e. The van der Waals surface area contributed by atoms with Crippen molar-refractivity contribution >= 4 is 73.7 Å². The number of anilines is 2. The lowest BCUT2D eigenvalue weighted by Gasteiger charge is -2.13. The van der Waals surface area contributed by atoms with Gasteiger partial charge in [-0.25, -0.2) is 8.42 Å². The van der Waals surface area contributed by atoms with Gasteiger partial charge in [-0.15, -0.1) is 0 Å². The molecule has 0 fully saturated rings. The van der Waals surface area contributed by atoms with Gasteiger partial charge in [0.1, 0.15) is 4.90 Å². The minimum Gasteiger partial charge on any atom is -0.322 e. The Bertz CT molecular complexity index is 1200. The zero-order chi connectivity index (χ0) is 21.2. The zero-order valence-electron chi connectivity index (χ0n) is 14.4. The summed E-state index contributed by atoms with van der Waals surface area (Å²) >= 11 is 24.1. The molecule has 0 aliphatic carbocycles. The first kappa shape index (κ1) is 21.7. The molecule has 0 saturated heterocycles. The SMILES string of the molecule is O=C(Nc1ccc(Cl)c(S(=O)(=O)Nc2ccccc2Cl)c1)c1cccc(Cl)c1Cl. The van der Waals surface area contributed by atoms with Crippen molar-refractivity contribution in [2.24, 2.45) is 0 Å². The molecular weight excluding hydrogens is 478 g/mol. The van der Waals surface area contributed by atoms with E-state index in [4.69, 9.17) is 46.4 Å². The zero-order valence-corrected chi connectivity index (χ0v) is 18.3. The molecule has 0 atom stereocenters. The molecule has 3 rings (SSSR count). The molecule has 0 aliphatic heterocycles. The molecule has 10 heteroatoms. The van der Waals surface area contributed by atoms with E-state index in [1.807, 2.05) is 0 Å². The Balaban J connectivity index is 1.91. The molecule has 0 bridgehead atoms. The highest BCUT2D eigenvalue weighted by molar-refractivity contribution is 7.92. The molecule has 0 heterocycles. The summed E-state index contributed by atoms with van der Waals surface area (Å²) in [6.45, 7) is 0. The fourth-order valence-corrected chi connectivity index (χ4v) is 4.64. The molecule has 0 saturated carbocycles. The molecule has 0 aromatic heterocycles. The van der Waals surface area contributed by atoms with Crippen molar-refractivity contribution in [3.63, 3.8) is 0 Å². The van der Waals surface area contributed by atoms with Gasteiger partial charge in [-0.05, 0) is 42.5 Å². The summed E-state index contributed by atoms with van der Waals surface area (Å²) in [4.78, 5) is 12.3. The average molecular weight is 490 g/mol. The maximum absolute atomic E-state index is 12.8. The lowest BCUT2D eigenvalue weighted by atomic mass is 10.2. The van der Waals surface area contributed by atoms with Gasteiger partial charge in [0, 0.05) is 5.69 Å². The first-order valence-electron chi connectivity index (χ1n) is 8.01. The van der Waals surface area contributed by atoms with Crippen LogP contribution in [0.3, 0.4) is 0 Å². The summed E-state index contributed by atoms with van der Waals surface area (Å²) in [5.41, 5.74) is 0.549. The maximum atomic E-state index is 12.8. The maximum Gasteiger partial charge on any atom is 0.263 e. The van der Waals surface area contributed by atoms with Crippen LogP contribution in [0.2, 0.25) is 20.1 Å². The van der Waals surface area contributed by atoms with E-state index < -0.39 is 15.9 Å². The third-order valence-corrected chi connectivity index (χ3v) is 6.79. The summed E-state index contributed by atoms with van der Waals surface area (Å²) in [5, 5.41) is 3.10. The Hall–Kier alpha value is -1.96. The van der Waals surface area contributed by atoms with Crippen molar-refractivity contribution in [2.75, 3.05) is 10.0 Å². The van der Waals surface area contributed by atoms with Crippen molar-refractivity contribution in [3.8, 4) is 0 Å². The van der Waals surface area contributed by atoms with Crippen molar-refractivity contribution in [1.29, 1.82) is 0 Å². The van der Waals surface area contributed by atoms with E-state index >= 15 is 0 Å². The number of hydrogen-bond acceptors (Lipinski definition) is 3. The van der Waals surface area contributed by atoms with Crippen molar-refractivity contribution < 1.29 is 13.2 Å². The standard InChI is InChI=1S/C19H12Cl4N2O3S/c20-13-5-1-2-7-16(13)25-29(27,28)17-10-11(8-9-14(17)21)24-19(26)12-4-3-6-15(22)18(12)23/h1-10,25H,(H,24,26). The van der Waals surface area contributed by atoms with Crippen LogP contribution in [-0.2, 0) is 10.0 Å². The van der Waals surface area contributed by atoms with Crippen molar-refractivity contribution in [1.82, 2.24) is 0 Å². The number of para-hydroxylation sites is 1.